The molecule has 0 spiro atoms. The maximum Gasteiger partial charge on any atom is 0.255 e. The Morgan fingerprint density at radius 3 is 2.35 bits per heavy atom. The van der Waals surface area contributed by atoms with E-state index < -0.39 is 6.10 Å². The Bertz CT molecular complexity index is 464. The highest BCUT2D eigenvalue weighted by molar-refractivity contribution is 5.16. The van der Waals surface area contributed by atoms with Crippen LogP contribution in [0.3, 0.4) is 0 Å². The average Bonchev–Trinajstić information content (AvgIpc) is 2.87. The molecule has 5 rings (SSSR count). The molecule has 0 aliphatic heterocycles. The van der Waals surface area contributed by atoms with Gasteiger partial charge in [-0.15, -0.1) is 0 Å². The van der Waals surface area contributed by atoms with Gasteiger partial charge in [0, 0.05) is 5.41 Å². The summed E-state index contributed by atoms with van der Waals surface area (Å²) in [6, 6.07) is 0. The zero-order chi connectivity index (χ0) is 13.7. The summed E-state index contributed by atoms with van der Waals surface area (Å²) in [6.07, 6.45) is 7.61. The summed E-state index contributed by atoms with van der Waals surface area (Å²) in [5, 5.41) is 14.2. The number of aromatic nitrogens is 2. The number of nitrogens with zero attached hydrogens (tertiary/aromatic N) is 2. The average molecular weight is 277 g/mol. The van der Waals surface area contributed by atoms with Crippen LogP contribution in [-0.4, -0.2) is 21.8 Å². The summed E-state index contributed by atoms with van der Waals surface area (Å²) in [5.41, 5.74) is 5.61. The number of aliphatic hydroxyl groups is 1. The van der Waals surface area contributed by atoms with Crippen LogP contribution in [0.1, 0.15) is 62.8 Å². The molecule has 5 heteroatoms. The van der Waals surface area contributed by atoms with Crippen molar-refractivity contribution in [2.24, 2.45) is 23.5 Å². The van der Waals surface area contributed by atoms with Crippen LogP contribution in [0, 0.1) is 17.8 Å². The largest absolute Gasteiger partial charge is 0.383 e. The zero-order valence-corrected chi connectivity index (χ0v) is 11.8. The van der Waals surface area contributed by atoms with Crippen molar-refractivity contribution in [2.75, 3.05) is 6.54 Å². The van der Waals surface area contributed by atoms with Crippen molar-refractivity contribution < 1.29 is 9.63 Å². The van der Waals surface area contributed by atoms with Crippen LogP contribution >= 0.6 is 0 Å². The number of nitrogens with two attached hydrogens (primary N) is 1. The monoisotopic (exact) mass is 277 g/mol. The molecule has 4 fully saturated rings. The summed E-state index contributed by atoms with van der Waals surface area (Å²) in [6.45, 7) is 0.427. The molecule has 0 aromatic carbocycles. The summed E-state index contributed by atoms with van der Waals surface area (Å²) in [7, 11) is 0. The second kappa shape index (κ2) is 4.53. The Kier molecular flexibility index (Phi) is 2.89. The lowest BCUT2D eigenvalue weighted by atomic mass is 9.49. The fourth-order valence-electron chi connectivity index (χ4n) is 5.25. The van der Waals surface area contributed by atoms with Gasteiger partial charge in [-0.3, -0.25) is 0 Å². The van der Waals surface area contributed by atoms with Gasteiger partial charge in [-0.05, 0) is 69.2 Å². The standard InChI is InChI=1S/C15H23N3O2/c16-2-1-12(19)13-17-14(18-20-13)15-6-9-3-10(7-15)5-11(4-9)8-15/h9-12,19H,1-8,16H2/t9?,10?,11?,12-,15?/m0/s1. The highest BCUT2D eigenvalue weighted by Crippen LogP contribution is 2.60. The van der Waals surface area contributed by atoms with E-state index in [0.717, 1.165) is 23.6 Å². The van der Waals surface area contributed by atoms with E-state index in [1.807, 2.05) is 0 Å². The molecule has 1 atom stereocenters. The molecule has 0 unspecified atom stereocenters. The molecule has 20 heavy (non-hydrogen) atoms. The third-order valence-corrected chi connectivity index (χ3v) is 5.68. The highest BCUT2D eigenvalue weighted by Gasteiger charge is 2.53. The molecule has 5 nitrogen and oxygen atoms in total. The SMILES string of the molecule is NCC[C@H](O)c1nc(C23CC4CC(CC(C4)C2)C3)no1. The Morgan fingerprint density at radius 1 is 1.20 bits per heavy atom. The van der Waals surface area contributed by atoms with Crippen molar-refractivity contribution >= 4 is 0 Å². The van der Waals surface area contributed by atoms with Gasteiger partial charge in [-0.1, -0.05) is 5.16 Å². The zero-order valence-electron chi connectivity index (χ0n) is 11.8. The summed E-state index contributed by atoms with van der Waals surface area (Å²) >= 11 is 0. The van der Waals surface area contributed by atoms with Gasteiger partial charge in [-0.25, -0.2) is 0 Å². The smallest absolute Gasteiger partial charge is 0.255 e. The Morgan fingerprint density at radius 2 is 1.80 bits per heavy atom. The van der Waals surface area contributed by atoms with E-state index in [2.05, 4.69) is 10.1 Å². The van der Waals surface area contributed by atoms with Crippen LogP contribution in [-0.2, 0) is 5.41 Å². The lowest BCUT2D eigenvalue weighted by Gasteiger charge is -2.55. The Hall–Kier alpha value is -0.940. The van der Waals surface area contributed by atoms with E-state index in [1.165, 1.54) is 38.5 Å². The number of aliphatic hydroxyl groups excluding tert-OH is 1. The molecule has 1 aromatic rings. The second-order valence-electron chi connectivity index (χ2n) is 7.25. The summed E-state index contributed by atoms with van der Waals surface area (Å²) in [4.78, 5) is 4.54. The van der Waals surface area contributed by atoms with Crippen molar-refractivity contribution in [2.45, 2.75) is 56.5 Å². The van der Waals surface area contributed by atoms with Gasteiger partial charge >= 0.3 is 0 Å². The number of rotatable bonds is 4. The highest BCUT2D eigenvalue weighted by atomic mass is 16.5. The fourth-order valence-corrected chi connectivity index (χ4v) is 5.25. The van der Waals surface area contributed by atoms with E-state index in [-0.39, 0.29) is 5.41 Å². The molecule has 4 aliphatic carbocycles. The van der Waals surface area contributed by atoms with Gasteiger partial charge < -0.3 is 15.4 Å². The lowest BCUT2D eigenvalue weighted by Crippen LogP contribution is -2.49. The third-order valence-electron chi connectivity index (χ3n) is 5.68. The second-order valence-corrected chi connectivity index (χ2v) is 7.25. The van der Waals surface area contributed by atoms with Crippen molar-refractivity contribution in [1.82, 2.24) is 10.1 Å². The van der Waals surface area contributed by atoms with Crippen LogP contribution in [0.25, 0.3) is 0 Å². The van der Waals surface area contributed by atoms with Gasteiger partial charge in [-0.2, -0.15) is 4.98 Å². The van der Waals surface area contributed by atoms with Gasteiger partial charge in [0.2, 0.25) is 0 Å². The van der Waals surface area contributed by atoms with E-state index in [9.17, 15) is 5.11 Å². The minimum atomic E-state index is -0.713. The first-order valence-electron chi connectivity index (χ1n) is 7.91. The van der Waals surface area contributed by atoms with Crippen LogP contribution in [0.15, 0.2) is 4.52 Å². The molecule has 1 aromatic heterocycles. The molecule has 0 amide bonds. The third kappa shape index (κ3) is 1.91. The van der Waals surface area contributed by atoms with Crippen molar-refractivity contribution in [3.63, 3.8) is 0 Å². The van der Waals surface area contributed by atoms with Crippen LogP contribution in [0.4, 0.5) is 0 Å². The minimum Gasteiger partial charge on any atom is -0.383 e. The quantitative estimate of drug-likeness (QED) is 0.878. The van der Waals surface area contributed by atoms with Gasteiger partial charge in [0.25, 0.3) is 5.89 Å². The molecule has 4 bridgehead atoms. The Labute approximate surface area is 118 Å². The molecular formula is C15H23N3O2. The molecule has 1 heterocycles. The van der Waals surface area contributed by atoms with Crippen LogP contribution in [0.2, 0.25) is 0 Å². The maximum atomic E-state index is 9.94. The normalized spacial score (nSPS) is 40.2. The first-order chi connectivity index (χ1) is 9.68. The Balaban J connectivity index is 1.61. The topological polar surface area (TPSA) is 85.2 Å². The summed E-state index contributed by atoms with van der Waals surface area (Å²) < 4.78 is 5.30. The first kappa shape index (κ1) is 12.8. The van der Waals surface area contributed by atoms with Crippen molar-refractivity contribution in [3.8, 4) is 0 Å². The molecule has 4 saturated carbocycles. The number of hydrogen-bond acceptors (Lipinski definition) is 5. The van der Waals surface area contributed by atoms with Crippen LogP contribution in [0.5, 0.6) is 0 Å². The number of hydrogen-bond donors (Lipinski definition) is 2. The lowest BCUT2D eigenvalue weighted by molar-refractivity contribution is -0.0103. The molecule has 110 valence electrons. The molecule has 0 radical (unpaired) electrons. The fraction of sp³-hybridized carbons (Fsp3) is 0.867. The van der Waals surface area contributed by atoms with E-state index >= 15 is 0 Å². The molecule has 3 N–H and O–H groups in total. The molecule has 0 saturated heterocycles. The van der Waals surface area contributed by atoms with E-state index in [1.54, 1.807) is 0 Å². The first-order valence-corrected chi connectivity index (χ1v) is 7.91. The molecular weight excluding hydrogens is 254 g/mol. The van der Waals surface area contributed by atoms with Crippen molar-refractivity contribution in [3.05, 3.63) is 11.7 Å². The summed E-state index contributed by atoms with van der Waals surface area (Å²) in [5.74, 6) is 3.77. The van der Waals surface area contributed by atoms with Gasteiger partial charge in [0.05, 0.1) is 0 Å². The predicted molar refractivity (Wildman–Crippen MR) is 72.8 cm³/mol. The van der Waals surface area contributed by atoms with E-state index in [4.69, 9.17) is 10.3 Å². The van der Waals surface area contributed by atoms with Crippen molar-refractivity contribution in [1.29, 1.82) is 0 Å². The van der Waals surface area contributed by atoms with Gasteiger partial charge in [0.15, 0.2) is 5.82 Å². The minimum absolute atomic E-state index is 0.138. The van der Waals surface area contributed by atoms with E-state index in [0.29, 0.717) is 18.9 Å². The predicted octanol–water partition coefficient (Wildman–Crippen LogP) is 1.92. The molecule has 4 aliphatic rings. The maximum absolute atomic E-state index is 9.94. The van der Waals surface area contributed by atoms with Gasteiger partial charge in [0.1, 0.15) is 6.10 Å². The van der Waals surface area contributed by atoms with Crippen LogP contribution < -0.4 is 5.73 Å².